The van der Waals surface area contributed by atoms with E-state index in [1.807, 2.05) is 20.2 Å². The third kappa shape index (κ3) is 3.40. The Labute approximate surface area is 109 Å². The predicted octanol–water partition coefficient (Wildman–Crippen LogP) is 1.51. The van der Waals surface area contributed by atoms with Gasteiger partial charge in [-0.2, -0.15) is 0 Å². The van der Waals surface area contributed by atoms with Gasteiger partial charge in [0.2, 0.25) is 0 Å². The molecule has 1 N–H and O–H groups in total. The molecule has 0 radical (unpaired) electrons. The maximum atomic E-state index is 12.0. The molecule has 2 rings (SSSR count). The van der Waals surface area contributed by atoms with Crippen LogP contribution in [0.1, 0.15) is 27.9 Å². The maximum Gasteiger partial charge on any atom is 0.176 e. The summed E-state index contributed by atoms with van der Waals surface area (Å²) < 4.78 is 0. The van der Waals surface area contributed by atoms with Gasteiger partial charge >= 0.3 is 0 Å². The summed E-state index contributed by atoms with van der Waals surface area (Å²) >= 11 is 0. The van der Waals surface area contributed by atoms with Gasteiger partial charge in [-0.1, -0.05) is 12.1 Å². The molecule has 98 valence electrons. The van der Waals surface area contributed by atoms with E-state index in [9.17, 15) is 4.79 Å². The third-order valence-electron chi connectivity index (χ3n) is 3.44. The predicted molar refractivity (Wildman–Crippen MR) is 74.2 cm³/mol. The molecule has 0 spiro atoms. The molecule has 0 amide bonds. The average molecular weight is 246 g/mol. The molecule has 1 aromatic rings. The molecule has 0 bridgehead atoms. The van der Waals surface area contributed by atoms with Crippen molar-refractivity contribution >= 4 is 5.78 Å². The van der Waals surface area contributed by atoms with E-state index in [4.69, 9.17) is 0 Å². The Morgan fingerprint density at radius 2 is 2.06 bits per heavy atom. The van der Waals surface area contributed by atoms with Gasteiger partial charge in [-0.15, -0.1) is 0 Å². The van der Waals surface area contributed by atoms with E-state index in [1.165, 1.54) is 24.0 Å². The van der Waals surface area contributed by atoms with Gasteiger partial charge in [-0.25, -0.2) is 0 Å². The largest absolute Gasteiger partial charge is 0.308 e. The highest BCUT2D eigenvalue weighted by Gasteiger charge is 2.13. The SMILES string of the molecule is CN(C)CCNCC(=O)c1ccc2c(c1)CCC2. The van der Waals surface area contributed by atoms with Crippen molar-refractivity contribution in [2.75, 3.05) is 33.7 Å². The number of hydrogen-bond acceptors (Lipinski definition) is 3. The van der Waals surface area contributed by atoms with Crippen LogP contribution in [0, 0.1) is 0 Å². The van der Waals surface area contributed by atoms with E-state index in [0.717, 1.165) is 25.1 Å². The normalized spacial score (nSPS) is 13.9. The van der Waals surface area contributed by atoms with Crippen molar-refractivity contribution in [2.24, 2.45) is 0 Å². The molecule has 18 heavy (non-hydrogen) atoms. The van der Waals surface area contributed by atoms with Crippen LogP contribution in [0.5, 0.6) is 0 Å². The number of Topliss-reactive ketones (excluding diaryl/α,β-unsaturated/α-hetero) is 1. The van der Waals surface area contributed by atoms with Gasteiger partial charge < -0.3 is 10.2 Å². The fraction of sp³-hybridized carbons (Fsp3) is 0.533. The number of nitrogens with one attached hydrogen (secondary N) is 1. The number of carbonyl (C=O) groups is 1. The number of carbonyl (C=O) groups excluding carboxylic acids is 1. The van der Waals surface area contributed by atoms with Gasteiger partial charge in [0.1, 0.15) is 0 Å². The van der Waals surface area contributed by atoms with E-state index in [-0.39, 0.29) is 5.78 Å². The van der Waals surface area contributed by atoms with Crippen molar-refractivity contribution in [1.29, 1.82) is 0 Å². The minimum absolute atomic E-state index is 0.198. The summed E-state index contributed by atoms with van der Waals surface area (Å²) in [5.41, 5.74) is 3.65. The van der Waals surface area contributed by atoms with Crippen molar-refractivity contribution in [3.05, 3.63) is 34.9 Å². The molecule has 0 saturated heterocycles. The van der Waals surface area contributed by atoms with Crippen molar-refractivity contribution in [1.82, 2.24) is 10.2 Å². The zero-order valence-corrected chi connectivity index (χ0v) is 11.3. The summed E-state index contributed by atoms with van der Waals surface area (Å²) in [6.45, 7) is 2.24. The molecular formula is C15H22N2O. The van der Waals surface area contributed by atoms with Crippen LogP contribution in [0.25, 0.3) is 0 Å². The Morgan fingerprint density at radius 1 is 1.28 bits per heavy atom. The highest BCUT2D eigenvalue weighted by molar-refractivity contribution is 5.97. The summed E-state index contributed by atoms with van der Waals surface area (Å²) in [5.74, 6) is 0.198. The molecule has 1 aliphatic carbocycles. The monoisotopic (exact) mass is 246 g/mol. The Morgan fingerprint density at radius 3 is 2.83 bits per heavy atom. The second kappa shape index (κ2) is 6.12. The zero-order chi connectivity index (χ0) is 13.0. The van der Waals surface area contributed by atoms with E-state index in [0.29, 0.717) is 6.54 Å². The van der Waals surface area contributed by atoms with Crippen LogP contribution in [0.3, 0.4) is 0 Å². The minimum Gasteiger partial charge on any atom is -0.308 e. The van der Waals surface area contributed by atoms with Crippen LogP contribution >= 0.6 is 0 Å². The smallest absolute Gasteiger partial charge is 0.176 e. The molecule has 3 nitrogen and oxygen atoms in total. The van der Waals surface area contributed by atoms with E-state index in [2.05, 4.69) is 22.3 Å². The maximum absolute atomic E-state index is 12.0. The lowest BCUT2D eigenvalue weighted by atomic mass is 10.0. The second-order valence-corrected chi connectivity index (χ2v) is 5.24. The van der Waals surface area contributed by atoms with Crippen LogP contribution < -0.4 is 5.32 Å². The molecule has 0 atom stereocenters. The first-order chi connectivity index (χ1) is 8.66. The Kier molecular flexibility index (Phi) is 4.50. The van der Waals surface area contributed by atoms with Crippen LogP contribution in [-0.2, 0) is 12.8 Å². The van der Waals surface area contributed by atoms with E-state index >= 15 is 0 Å². The van der Waals surface area contributed by atoms with Crippen LogP contribution in [0.2, 0.25) is 0 Å². The number of rotatable bonds is 6. The first-order valence-electron chi connectivity index (χ1n) is 6.67. The molecule has 0 aliphatic heterocycles. The van der Waals surface area contributed by atoms with Gasteiger partial charge in [0, 0.05) is 18.7 Å². The summed E-state index contributed by atoms with van der Waals surface area (Å²) in [6.07, 6.45) is 3.53. The van der Waals surface area contributed by atoms with Crippen LogP contribution in [0.15, 0.2) is 18.2 Å². The van der Waals surface area contributed by atoms with Gasteiger partial charge in [-0.05, 0) is 50.6 Å². The Balaban J connectivity index is 1.85. The highest BCUT2D eigenvalue weighted by Crippen LogP contribution is 2.22. The number of aryl methyl sites for hydroxylation is 2. The lowest BCUT2D eigenvalue weighted by Gasteiger charge is -2.10. The van der Waals surface area contributed by atoms with Gasteiger partial charge in [0.25, 0.3) is 0 Å². The van der Waals surface area contributed by atoms with Crippen molar-refractivity contribution < 1.29 is 4.79 Å². The average Bonchev–Trinajstić information content (AvgIpc) is 2.81. The fourth-order valence-electron chi connectivity index (χ4n) is 2.35. The standard InChI is InChI=1S/C15H22N2O/c1-17(2)9-8-16-11-15(18)14-7-6-12-4-3-5-13(12)10-14/h6-7,10,16H,3-5,8-9,11H2,1-2H3. The quantitative estimate of drug-likeness (QED) is 0.610. The topological polar surface area (TPSA) is 32.3 Å². The van der Waals surface area contributed by atoms with Gasteiger partial charge in [-0.3, -0.25) is 4.79 Å². The Bertz CT molecular complexity index is 427. The lowest BCUT2D eigenvalue weighted by molar-refractivity contribution is 0.0990. The zero-order valence-electron chi connectivity index (χ0n) is 11.3. The van der Waals surface area contributed by atoms with Crippen LogP contribution in [-0.4, -0.2) is 44.4 Å². The highest BCUT2D eigenvalue weighted by atomic mass is 16.1. The van der Waals surface area contributed by atoms with Crippen molar-refractivity contribution in [3.63, 3.8) is 0 Å². The molecule has 3 heteroatoms. The van der Waals surface area contributed by atoms with E-state index in [1.54, 1.807) is 0 Å². The molecular weight excluding hydrogens is 224 g/mol. The summed E-state index contributed by atoms with van der Waals surface area (Å²) in [5, 5.41) is 3.19. The first kappa shape index (κ1) is 13.2. The molecule has 1 aromatic carbocycles. The second-order valence-electron chi connectivity index (χ2n) is 5.24. The molecule has 0 saturated carbocycles. The number of nitrogens with zero attached hydrogens (tertiary/aromatic N) is 1. The first-order valence-corrected chi connectivity index (χ1v) is 6.67. The number of hydrogen-bond donors (Lipinski definition) is 1. The number of benzene rings is 1. The molecule has 0 unspecified atom stereocenters. The fourth-order valence-corrected chi connectivity index (χ4v) is 2.35. The molecule has 1 aliphatic rings. The summed E-state index contributed by atoms with van der Waals surface area (Å²) in [4.78, 5) is 14.1. The van der Waals surface area contributed by atoms with Gasteiger partial charge in [0.15, 0.2) is 5.78 Å². The lowest BCUT2D eigenvalue weighted by Crippen LogP contribution is -2.30. The number of likely N-dealkylation sites (N-methyl/N-ethyl adjacent to an activating group) is 1. The van der Waals surface area contributed by atoms with E-state index < -0.39 is 0 Å². The van der Waals surface area contributed by atoms with Crippen molar-refractivity contribution in [2.45, 2.75) is 19.3 Å². The Hall–Kier alpha value is -1.19. The number of ketones is 1. The summed E-state index contributed by atoms with van der Waals surface area (Å²) in [7, 11) is 4.06. The summed E-state index contributed by atoms with van der Waals surface area (Å²) in [6, 6.07) is 6.17. The van der Waals surface area contributed by atoms with Crippen molar-refractivity contribution in [3.8, 4) is 0 Å². The number of fused-ring (bicyclic) bond motifs is 1. The third-order valence-corrected chi connectivity index (χ3v) is 3.44. The molecule has 0 aromatic heterocycles. The van der Waals surface area contributed by atoms with Crippen LogP contribution in [0.4, 0.5) is 0 Å². The minimum atomic E-state index is 0.198. The molecule has 0 fully saturated rings. The molecule has 0 heterocycles. The van der Waals surface area contributed by atoms with Gasteiger partial charge in [0.05, 0.1) is 6.54 Å².